The second-order valence-electron chi connectivity index (χ2n) is 3.19. The zero-order valence-corrected chi connectivity index (χ0v) is 9.85. The summed E-state index contributed by atoms with van der Waals surface area (Å²) in [4.78, 5) is 4.31. The van der Waals surface area contributed by atoms with E-state index in [0.29, 0.717) is 0 Å². The van der Waals surface area contributed by atoms with E-state index in [0.717, 1.165) is 10.7 Å². The molecule has 0 fully saturated rings. The molecule has 0 spiro atoms. The molecule has 0 bridgehead atoms. The van der Waals surface area contributed by atoms with Gasteiger partial charge in [0.15, 0.2) is 0 Å². The molecule has 78 valence electrons. The Morgan fingerprint density at radius 1 is 1.33 bits per heavy atom. The van der Waals surface area contributed by atoms with Gasteiger partial charge < -0.3 is 5.32 Å². The molecular weight excluding hydrogens is 228 g/mol. The molecule has 15 heavy (non-hydrogen) atoms. The highest BCUT2D eigenvalue weighted by Crippen LogP contribution is 2.22. The maximum Gasteiger partial charge on any atom is 0.0795 e. The Balaban J connectivity index is 2.31. The summed E-state index contributed by atoms with van der Waals surface area (Å²) in [6.45, 7) is 0. The van der Waals surface area contributed by atoms with Crippen molar-refractivity contribution < 1.29 is 0 Å². The summed E-state index contributed by atoms with van der Waals surface area (Å²) in [5, 5.41) is 6.05. The molecule has 1 unspecified atom stereocenters. The quantitative estimate of drug-likeness (QED) is 0.889. The molecule has 2 rings (SSSR count). The van der Waals surface area contributed by atoms with Gasteiger partial charge in [0.1, 0.15) is 0 Å². The van der Waals surface area contributed by atoms with Gasteiger partial charge in [0.2, 0.25) is 0 Å². The Morgan fingerprint density at radius 2 is 2.07 bits per heavy atom. The van der Waals surface area contributed by atoms with Crippen LogP contribution in [-0.4, -0.2) is 12.0 Å². The van der Waals surface area contributed by atoms with Gasteiger partial charge in [-0.05, 0) is 24.7 Å². The molecule has 0 aliphatic rings. The third kappa shape index (κ3) is 2.37. The van der Waals surface area contributed by atoms with Crippen molar-refractivity contribution in [3.8, 4) is 0 Å². The fraction of sp³-hybridized carbons (Fsp3) is 0.182. The molecule has 1 heterocycles. The number of aromatic nitrogens is 1. The minimum Gasteiger partial charge on any atom is -0.308 e. The molecular formula is C11H11ClN2S. The number of nitrogens with one attached hydrogen (secondary N) is 1. The Labute approximate surface area is 97.9 Å². The number of thiazole rings is 1. The van der Waals surface area contributed by atoms with Crippen molar-refractivity contribution in [3.05, 3.63) is 51.4 Å². The average Bonchev–Trinajstić information content (AvgIpc) is 2.75. The molecule has 1 N–H and O–H groups in total. The van der Waals surface area contributed by atoms with E-state index in [2.05, 4.69) is 15.7 Å². The lowest BCUT2D eigenvalue weighted by Gasteiger charge is -2.14. The van der Waals surface area contributed by atoms with Gasteiger partial charge in [0.25, 0.3) is 0 Å². The summed E-state index contributed by atoms with van der Waals surface area (Å²) in [7, 11) is 1.93. The van der Waals surface area contributed by atoms with Crippen LogP contribution in [0.2, 0.25) is 5.02 Å². The van der Waals surface area contributed by atoms with Crippen LogP contribution in [0.1, 0.15) is 17.3 Å². The third-order valence-corrected chi connectivity index (χ3v) is 3.10. The van der Waals surface area contributed by atoms with Gasteiger partial charge in [-0.2, -0.15) is 0 Å². The number of nitrogens with zero attached hydrogens (tertiary/aromatic N) is 1. The zero-order chi connectivity index (χ0) is 10.7. The van der Waals surface area contributed by atoms with E-state index < -0.39 is 0 Å². The average molecular weight is 239 g/mol. The number of rotatable bonds is 3. The first-order valence-corrected chi connectivity index (χ1v) is 5.94. The summed E-state index contributed by atoms with van der Waals surface area (Å²) in [5.74, 6) is 0. The molecule has 4 heteroatoms. The van der Waals surface area contributed by atoms with Gasteiger partial charge in [-0.15, -0.1) is 11.3 Å². The molecule has 1 atom stereocenters. The van der Waals surface area contributed by atoms with E-state index in [9.17, 15) is 0 Å². The van der Waals surface area contributed by atoms with E-state index in [1.807, 2.05) is 36.8 Å². The van der Waals surface area contributed by atoms with E-state index in [1.165, 1.54) is 5.56 Å². The highest BCUT2D eigenvalue weighted by atomic mass is 35.5. The van der Waals surface area contributed by atoms with E-state index >= 15 is 0 Å². The van der Waals surface area contributed by atoms with Gasteiger partial charge in [-0.25, -0.2) is 4.98 Å². The summed E-state index contributed by atoms with van der Waals surface area (Å²) in [6.07, 6.45) is 0. The number of halogens is 1. The first kappa shape index (κ1) is 10.6. The van der Waals surface area contributed by atoms with Gasteiger partial charge in [-0.1, -0.05) is 23.7 Å². The minimum atomic E-state index is 0.147. The molecule has 1 aromatic heterocycles. The number of hydrogen-bond acceptors (Lipinski definition) is 3. The standard InChI is InChI=1S/C11H11ClN2S/c1-13-11(10-6-15-7-14-10)8-2-4-9(12)5-3-8/h2-7,11,13H,1H3. The van der Waals surface area contributed by atoms with Crippen molar-refractivity contribution in [3.63, 3.8) is 0 Å². The molecule has 0 aliphatic heterocycles. The van der Waals surface area contributed by atoms with Crippen LogP contribution in [0.15, 0.2) is 35.2 Å². The fourth-order valence-electron chi connectivity index (χ4n) is 1.50. The molecule has 0 saturated carbocycles. The topological polar surface area (TPSA) is 24.9 Å². The fourth-order valence-corrected chi connectivity index (χ4v) is 2.21. The number of hydrogen-bond donors (Lipinski definition) is 1. The Kier molecular flexibility index (Phi) is 3.36. The molecule has 1 aromatic carbocycles. The highest BCUT2D eigenvalue weighted by Gasteiger charge is 2.12. The SMILES string of the molecule is CNC(c1ccc(Cl)cc1)c1cscn1. The highest BCUT2D eigenvalue weighted by molar-refractivity contribution is 7.07. The van der Waals surface area contributed by atoms with Gasteiger partial charge in [0.05, 0.1) is 17.2 Å². The van der Waals surface area contributed by atoms with Crippen LogP contribution in [0.5, 0.6) is 0 Å². The molecule has 0 aliphatic carbocycles. The monoisotopic (exact) mass is 238 g/mol. The maximum atomic E-state index is 5.85. The van der Waals surface area contributed by atoms with Crippen LogP contribution in [0.25, 0.3) is 0 Å². The lowest BCUT2D eigenvalue weighted by Crippen LogP contribution is -2.17. The third-order valence-electron chi connectivity index (χ3n) is 2.24. The van der Waals surface area contributed by atoms with Crippen LogP contribution in [0.3, 0.4) is 0 Å². The first-order valence-electron chi connectivity index (χ1n) is 4.62. The maximum absolute atomic E-state index is 5.85. The van der Waals surface area contributed by atoms with Crippen molar-refractivity contribution in [2.24, 2.45) is 0 Å². The molecule has 0 saturated heterocycles. The summed E-state index contributed by atoms with van der Waals surface area (Å²) in [6, 6.07) is 7.97. The Hall–Kier alpha value is -0.900. The van der Waals surface area contributed by atoms with Crippen LogP contribution in [0, 0.1) is 0 Å². The smallest absolute Gasteiger partial charge is 0.0795 e. The van der Waals surface area contributed by atoms with Gasteiger partial charge in [-0.3, -0.25) is 0 Å². The second-order valence-corrected chi connectivity index (χ2v) is 4.34. The van der Waals surface area contributed by atoms with Gasteiger partial charge in [0, 0.05) is 10.4 Å². The normalized spacial score (nSPS) is 12.7. The van der Waals surface area contributed by atoms with Gasteiger partial charge >= 0.3 is 0 Å². The van der Waals surface area contributed by atoms with Crippen molar-refractivity contribution in [2.75, 3.05) is 7.05 Å². The molecule has 0 radical (unpaired) electrons. The lowest BCUT2D eigenvalue weighted by atomic mass is 10.1. The van der Waals surface area contributed by atoms with Crippen molar-refractivity contribution in [1.82, 2.24) is 10.3 Å². The van der Waals surface area contributed by atoms with Crippen molar-refractivity contribution in [1.29, 1.82) is 0 Å². The second kappa shape index (κ2) is 4.75. The lowest BCUT2D eigenvalue weighted by molar-refractivity contribution is 0.675. The largest absolute Gasteiger partial charge is 0.308 e. The molecule has 2 aromatic rings. The van der Waals surface area contributed by atoms with Crippen LogP contribution in [0.4, 0.5) is 0 Å². The zero-order valence-electron chi connectivity index (χ0n) is 8.27. The van der Waals surface area contributed by atoms with E-state index in [4.69, 9.17) is 11.6 Å². The van der Waals surface area contributed by atoms with Crippen LogP contribution >= 0.6 is 22.9 Å². The molecule has 0 amide bonds. The minimum absolute atomic E-state index is 0.147. The summed E-state index contributed by atoms with van der Waals surface area (Å²) < 4.78 is 0. The first-order chi connectivity index (χ1) is 7.31. The van der Waals surface area contributed by atoms with E-state index in [-0.39, 0.29) is 6.04 Å². The van der Waals surface area contributed by atoms with E-state index in [1.54, 1.807) is 11.3 Å². The Bertz CT molecular complexity index is 411. The summed E-state index contributed by atoms with van der Waals surface area (Å²) in [5.41, 5.74) is 4.06. The van der Waals surface area contributed by atoms with Crippen molar-refractivity contribution in [2.45, 2.75) is 6.04 Å². The van der Waals surface area contributed by atoms with Crippen LogP contribution in [-0.2, 0) is 0 Å². The number of benzene rings is 1. The molecule has 2 nitrogen and oxygen atoms in total. The predicted octanol–water partition coefficient (Wildman–Crippen LogP) is 3.11. The Morgan fingerprint density at radius 3 is 2.60 bits per heavy atom. The van der Waals surface area contributed by atoms with Crippen LogP contribution < -0.4 is 5.32 Å². The van der Waals surface area contributed by atoms with Crippen molar-refractivity contribution >= 4 is 22.9 Å². The predicted molar refractivity (Wildman–Crippen MR) is 64.5 cm³/mol. The summed E-state index contributed by atoms with van der Waals surface area (Å²) >= 11 is 7.45.